The molecule has 0 aromatic heterocycles. The van der Waals surface area contributed by atoms with Gasteiger partial charge in [-0.1, -0.05) is 31.4 Å². The van der Waals surface area contributed by atoms with Crippen LogP contribution in [0.25, 0.3) is 0 Å². The number of hydrogen-bond donors (Lipinski definition) is 0. The highest BCUT2D eigenvalue weighted by molar-refractivity contribution is 6.41. The molecule has 0 bridgehead atoms. The zero-order valence-electron chi connectivity index (χ0n) is 19.2. The molecule has 0 radical (unpaired) electrons. The van der Waals surface area contributed by atoms with E-state index in [1.54, 1.807) is 31.2 Å². The molecule has 0 saturated carbocycles. The molecule has 1 aliphatic rings. The second kappa shape index (κ2) is 12.1. The van der Waals surface area contributed by atoms with Crippen molar-refractivity contribution in [2.45, 2.75) is 45.4 Å². The molecule has 4 amide bonds. The lowest BCUT2D eigenvalue weighted by atomic mass is 10.0. The van der Waals surface area contributed by atoms with Crippen LogP contribution in [0.15, 0.2) is 51.4 Å². The zero-order chi connectivity index (χ0) is 25.2. The number of aryl methyl sites for hydroxylation is 2. The lowest BCUT2D eigenvalue weighted by Crippen LogP contribution is -2.64. The third kappa shape index (κ3) is 5.91. The van der Waals surface area contributed by atoms with E-state index in [4.69, 9.17) is 0 Å². The van der Waals surface area contributed by atoms with Gasteiger partial charge in [0.2, 0.25) is 18.2 Å². The lowest BCUT2D eigenvalue weighted by molar-refractivity contribution is 0.226. The molecular weight excluding hydrogens is 450 g/mol. The molecule has 0 unspecified atom stereocenters. The van der Waals surface area contributed by atoms with Crippen LogP contribution in [0.3, 0.4) is 0 Å². The average molecular weight is 473 g/mol. The van der Waals surface area contributed by atoms with Crippen molar-refractivity contribution >= 4 is 53.1 Å². The Hall–Kier alpha value is -4.48. The number of carbonyl (C=O) groups excluding carboxylic acids is 5. The van der Waals surface area contributed by atoms with Gasteiger partial charge in [-0.3, -0.25) is 0 Å². The number of rotatable bonds is 12. The number of isocyanates is 3. The van der Waals surface area contributed by atoms with Crippen molar-refractivity contribution in [3.05, 3.63) is 47.5 Å². The zero-order valence-corrected chi connectivity index (χ0v) is 19.2. The van der Waals surface area contributed by atoms with Crippen molar-refractivity contribution in [1.29, 1.82) is 0 Å². The second-order valence-corrected chi connectivity index (χ2v) is 7.92. The van der Waals surface area contributed by atoms with E-state index in [1.165, 1.54) is 30.4 Å². The Morgan fingerprint density at radius 2 is 1.29 bits per heavy atom. The number of nitrogens with zero attached hydrogens (tertiary/aromatic N) is 5. The number of amides is 4. The largest absolute Gasteiger partial charge is 0.345 e. The highest BCUT2D eigenvalue weighted by atomic mass is 16.2. The smallest absolute Gasteiger partial charge is 0.246 e. The van der Waals surface area contributed by atoms with E-state index in [0.29, 0.717) is 35.6 Å². The van der Waals surface area contributed by atoms with Crippen LogP contribution in [-0.2, 0) is 20.8 Å². The van der Waals surface area contributed by atoms with Crippen LogP contribution in [-0.4, -0.2) is 36.8 Å². The normalized spacial score (nSPS) is 12.4. The Bertz CT molecular complexity index is 1260. The van der Waals surface area contributed by atoms with E-state index < -0.39 is 12.1 Å². The Labute approximate surface area is 201 Å². The molecule has 1 aliphatic heterocycles. The highest BCUT2D eigenvalue weighted by Gasteiger charge is 2.46. The van der Waals surface area contributed by atoms with Crippen LogP contribution in [0.5, 0.6) is 0 Å². The van der Waals surface area contributed by atoms with Gasteiger partial charge in [0.1, 0.15) is 0 Å². The minimum Gasteiger partial charge on any atom is -0.246 e. The molecule has 10 nitrogen and oxygen atoms in total. The third-order valence-corrected chi connectivity index (χ3v) is 5.66. The van der Waals surface area contributed by atoms with Crippen LogP contribution in [0, 0.1) is 6.92 Å². The van der Waals surface area contributed by atoms with Crippen LogP contribution in [0.4, 0.5) is 32.3 Å². The molecule has 35 heavy (non-hydrogen) atoms. The van der Waals surface area contributed by atoms with Crippen LogP contribution >= 0.6 is 0 Å². The van der Waals surface area contributed by atoms with Crippen molar-refractivity contribution in [2.75, 3.05) is 16.3 Å². The standard InChI is InChI=1S/C25H23N5O5/c1-18-8-10-20(13-22(18)27-16-32)29-24(34)30(25(29)35)21-11-9-19(23(14-21)28-17-33)7-5-3-2-4-6-12-26-15-31/h8-11,13-14H,2-7,12H2,1H3. The summed E-state index contributed by atoms with van der Waals surface area (Å²) in [6, 6.07) is 8.46. The molecule has 10 heteroatoms. The molecule has 2 aromatic rings. The molecule has 0 aliphatic carbocycles. The first-order valence-electron chi connectivity index (χ1n) is 11.1. The van der Waals surface area contributed by atoms with Crippen LogP contribution < -0.4 is 9.80 Å². The SMILES string of the molecule is Cc1ccc(N2C(=O)N(c3ccc(CCCCCCCN=C=O)c(N=C=O)c3)C2=O)cc1N=C=O. The first kappa shape index (κ1) is 25.1. The summed E-state index contributed by atoms with van der Waals surface area (Å²) in [6.45, 7) is 2.24. The number of urea groups is 2. The number of unbranched alkanes of at least 4 members (excludes halogenated alkanes) is 4. The summed E-state index contributed by atoms with van der Waals surface area (Å²) >= 11 is 0. The maximum Gasteiger partial charge on any atom is 0.345 e. The van der Waals surface area contributed by atoms with Gasteiger partial charge in [-0.25, -0.2) is 38.8 Å². The van der Waals surface area contributed by atoms with Crippen molar-refractivity contribution in [2.24, 2.45) is 15.0 Å². The highest BCUT2D eigenvalue weighted by Crippen LogP contribution is 2.36. The summed E-state index contributed by atoms with van der Waals surface area (Å²) in [5.41, 5.74) is 2.77. The summed E-state index contributed by atoms with van der Waals surface area (Å²) in [6.07, 6.45) is 9.80. The molecular formula is C25H23N5O5. The molecule has 0 N–H and O–H groups in total. The van der Waals surface area contributed by atoms with Gasteiger partial charge in [0, 0.05) is 0 Å². The number of benzene rings is 2. The van der Waals surface area contributed by atoms with E-state index >= 15 is 0 Å². The first-order valence-corrected chi connectivity index (χ1v) is 11.1. The van der Waals surface area contributed by atoms with Crippen molar-refractivity contribution in [3.63, 3.8) is 0 Å². The Kier molecular flexibility index (Phi) is 8.70. The van der Waals surface area contributed by atoms with Gasteiger partial charge in [-0.15, -0.1) is 0 Å². The van der Waals surface area contributed by atoms with Crippen molar-refractivity contribution in [1.82, 2.24) is 0 Å². The maximum absolute atomic E-state index is 12.8. The number of aliphatic imine (C=N–C) groups is 3. The second-order valence-electron chi connectivity index (χ2n) is 7.92. The molecule has 178 valence electrons. The molecule has 1 saturated heterocycles. The van der Waals surface area contributed by atoms with E-state index in [-0.39, 0.29) is 5.69 Å². The van der Waals surface area contributed by atoms with E-state index in [9.17, 15) is 24.0 Å². The number of anilines is 2. The molecule has 1 fully saturated rings. The molecule has 2 aromatic carbocycles. The van der Waals surface area contributed by atoms with Gasteiger partial charge < -0.3 is 0 Å². The topological polar surface area (TPSA) is 129 Å². The fourth-order valence-electron chi connectivity index (χ4n) is 3.81. The van der Waals surface area contributed by atoms with Gasteiger partial charge in [-0.2, -0.15) is 9.98 Å². The predicted octanol–water partition coefficient (Wildman–Crippen LogP) is 5.33. The summed E-state index contributed by atoms with van der Waals surface area (Å²) in [4.78, 5) is 70.1. The minimum absolute atomic E-state index is 0.288. The summed E-state index contributed by atoms with van der Waals surface area (Å²) in [5.74, 6) is 0. The lowest BCUT2D eigenvalue weighted by Gasteiger charge is -2.39. The summed E-state index contributed by atoms with van der Waals surface area (Å²) in [7, 11) is 0. The van der Waals surface area contributed by atoms with Gasteiger partial charge in [-0.05, 0) is 61.6 Å². The number of carbonyl (C=O) groups is 2. The average Bonchev–Trinajstić information content (AvgIpc) is 2.84. The van der Waals surface area contributed by atoms with Gasteiger partial charge in [0.15, 0.2) is 0 Å². The molecule has 0 spiro atoms. The first-order chi connectivity index (χ1) is 17.0. The summed E-state index contributed by atoms with van der Waals surface area (Å²) in [5, 5.41) is 0. The van der Waals surface area contributed by atoms with Gasteiger partial charge in [0.25, 0.3) is 0 Å². The molecule has 0 atom stereocenters. The fraction of sp³-hybridized carbons (Fsp3) is 0.320. The molecule has 3 rings (SSSR count). The number of imide groups is 2. The van der Waals surface area contributed by atoms with Crippen LogP contribution in [0.2, 0.25) is 0 Å². The fourth-order valence-corrected chi connectivity index (χ4v) is 3.81. The Morgan fingerprint density at radius 3 is 1.94 bits per heavy atom. The number of hydrogen-bond acceptors (Lipinski definition) is 8. The maximum atomic E-state index is 12.8. The quantitative estimate of drug-likeness (QED) is 0.234. The van der Waals surface area contributed by atoms with Crippen molar-refractivity contribution < 1.29 is 24.0 Å². The van der Waals surface area contributed by atoms with Gasteiger partial charge >= 0.3 is 12.1 Å². The van der Waals surface area contributed by atoms with E-state index in [1.807, 2.05) is 0 Å². The Morgan fingerprint density at radius 1 is 0.714 bits per heavy atom. The predicted molar refractivity (Wildman–Crippen MR) is 129 cm³/mol. The monoisotopic (exact) mass is 473 g/mol. The van der Waals surface area contributed by atoms with Crippen molar-refractivity contribution in [3.8, 4) is 0 Å². The summed E-state index contributed by atoms with van der Waals surface area (Å²) < 4.78 is 0. The van der Waals surface area contributed by atoms with E-state index in [2.05, 4.69) is 15.0 Å². The van der Waals surface area contributed by atoms with Gasteiger partial charge in [0.05, 0.1) is 29.3 Å². The van der Waals surface area contributed by atoms with E-state index in [0.717, 1.165) is 47.5 Å². The minimum atomic E-state index is -0.576. The van der Waals surface area contributed by atoms with Crippen LogP contribution in [0.1, 0.15) is 43.2 Å². The third-order valence-electron chi connectivity index (χ3n) is 5.66. The Balaban J connectivity index is 1.68. The molecule has 1 heterocycles.